The third kappa shape index (κ3) is 75.3. The molecular weight excluding hydrogens is 1330 g/mol. The summed E-state index contributed by atoms with van der Waals surface area (Å²) in [4.78, 5) is 73.0. The van der Waals surface area contributed by atoms with Crippen LogP contribution < -0.4 is 0 Å². The van der Waals surface area contributed by atoms with Crippen LogP contribution in [0.5, 0.6) is 0 Å². The van der Waals surface area contributed by atoms with Gasteiger partial charge in [0.05, 0.1) is 26.4 Å². The molecule has 0 fully saturated rings. The van der Waals surface area contributed by atoms with Crippen LogP contribution in [0.4, 0.5) is 0 Å². The molecule has 0 aliphatic heterocycles. The molecule has 2 unspecified atom stereocenters. The van der Waals surface area contributed by atoms with Crippen molar-refractivity contribution in [2.45, 2.75) is 418 Å². The summed E-state index contributed by atoms with van der Waals surface area (Å²) in [5, 5.41) is 10.6. The number of ether oxygens (including phenoxy) is 4. The number of aliphatic hydroxyl groups is 1. The Balaban J connectivity index is 5.27. The average Bonchev–Trinajstić information content (AvgIpc) is 0.938. The van der Waals surface area contributed by atoms with E-state index >= 15 is 0 Å². The van der Waals surface area contributed by atoms with Gasteiger partial charge in [0.25, 0.3) is 0 Å². The summed E-state index contributed by atoms with van der Waals surface area (Å²) in [5.41, 5.74) is 0. The van der Waals surface area contributed by atoms with E-state index in [9.17, 15) is 43.2 Å². The fraction of sp³-hybridized carbons (Fsp3) is 0.855. The van der Waals surface area contributed by atoms with Crippen molar-refractivity contribution in [3.63, 3.8) is 0 Å². The van der Waals surface area contributed by atoms with Crippen LogP contribution in [-0.2, 0) is 65.4 Å². The third-order valence-corrected chi connectivity index (χ3v) is 20.3. The zero-order valence-corrected chi connectivity index (χ0v) is 67.3. The molecule has 0 amide bonds. The molecule has 5 atom stereocenters. The second-order valence-electron chi connectivity index (χ2n) is 28.5. The number of allylic oxidation sites excluding steroid dienone is 8. The van der Waals surface area contributed by atoms with Gasteiger partial charge in [0, 0.05) is 25.7 Å². The van der Waals surface area contributed by atoms with Crippen LogP contribution in [0.15, 0.2) is 48.6 Å². The van der Waals surface area contributed by atoms with Crippen LogP contribution in [0.1, 0.15) is 400 Å². The average molecular weight is 1490 g/mol. The second kappa shape index (κ2) is 76.2. The summed E-state index contributed by atoms with van der Waals surface area (Å²) >= 11 is 0. The highest BCUT2D eigenvalue weighted by Crippen LogP contribution is 2.45. The van der Waals surface area contributed by atoms with Gasteiger partial charge in [-0.25, -0.2) is 9.13 Å². The molecular formula is C83H154O17P2. The molecule has 0 aromatic heterocycles. The van der Waals surface area contributed by atoms with Gasteiger partial charge < -0.3 is 33.8 Å². The molecule has 0 aromatic rings. The van der Waals surface area contributed by atoms with Crippen molar-refractivity contribution in [3.05, 3.63) is 48.6 Å². The molecule has 0 heterocycles. The highest BCUT2D eigenvalue weighted by atomic mass is 31.2. The van der Waals surface area contributed by atoms with Gasteiger partial charge in [-0.3, -0.25) is 37.3 Å². The maximum atomic E-state index is 13.1. The summed E-state index contributed by atoms with van der Waals surface area (Å²) in [5.74, 6) is -2.17. The van der Waals surface area contributed by atoms with Crippen LogP contribution in [0.3, 0.4) is 0 Å². The van der Waals surface area contributed by atoms with E-state index in [1.165, 1.54) is 199 Å². The lowest BCUT2D eigenvalue weighted by molar-refractivity contribution is -0.161. The number of carbonyl (C=O) groups is 4. The lowest BCUT2D eigenvalue weighted by Gasteiger charge is -2.21. The highest BCUT2D eigenvalue weighted by molar-refractivity contribution is 7.47. The van der Waals surface area contributed by atoms with Crippen LogP contribution >= 0.6 is 15.6 Å². The van der Waals surface area contributed by atoms with E-state index in [0.29, 0.717) is 25.7 Å². The second-order valence-corrected chi connectivity index (χ2v) is 31.4. The molecule has 17 nitrogen and oxygen atoms in total. The van der Waals surface area contributed by atoms with Crippen molar-refractivity contribution in [3.8, 4) is 0 Å². The normalized spacial score (nSPS) is 14.1. The van der Waals surface area contributed by atoms with E-state index in [4.69, 9.17) is 37.0 Å². The molecule has 0 saturated carbocycles. The van der Waals surface area contributed by atoms with Gasteiger partial charge in [-0.05, 0) is 77.0 Å². The number of carbonyl (C=O) groups excluding carboxylic acids is 4. The van der Waals surface area contributed by atoms with Crippen LogP contribution in [0.25, 0.3) is 0 Å². The predicted octanol–water partition coefficient (Wildman–Crippen LogP) is 24.5. The molecule has 0 saturated heterocycles. The first-order valence-electron chi connectivity index (χ1n) is 41.9. The quantitative estimate of drug-likeness (QED) is 0.0169. The minimum Gasteiger partial charge on any atom is -0.462 e. The van der Waals surface area contributed by atoms with E-state index in [1.54, 1.807) is 0 Å². The van der Waals surface area contributed by atoms with Gasteiger partial charge >= 0.3 is 39.5 Å². The zero-order valence-electron chi connectivity index (χ0n) is 65.6. The third-order valence-electron chi connectivity index (χ3n) is 18.4. The molecule has 0 aromatic carbocycles. The maximum Gasteiger partial charge on any atom is 0.472 e. The van der Waals surface area contributed by atoms with E-state index in [1.807, 2.05) is 0 Å². The predicted molar refractivity (Wildman–Crippen MR) is 418 cm³/mol. The van der Waals surface area contributed by atoms with Gasteiger partial charge in [-0.2, -0.15) is 0 Å². The van der Waals surface area contributed by atoms with Crippen molar-refractivity contribution in [2.75, 3.05) is 39.6 Å². The van der Waals surface area contributed by atoms with Crippen LogP contribution in [-0.4, -0.2) is 96.7 Å². The first-order chi connectivity index (χ1) is 49.7. The molecule has 19 heteroatoms. The molecule has 0 aliphatic rings. The van der Waals surface area contributed by atoms with Crippen molar-refractivity contribution in [1.29, 1.82) is 0 Å². The van der Waals surface area contributed by atoms with Crippen molar-refractivity contribution < 1.29 is 80.2 Å². The summed E-state index contributed by atoms with van der Waals surface area (Å²) in [7, 11) is -9.94. The first kappa shape index (κ1) is 99.0. The van der Waals surface area contributed by atoms with Crippen molar-refractivity contribution in [2.24, 2.45) is 0 Å². The zero-order chi connectivity index (χ0) is 74.6. The van der Waals surface area contributed by atoms with E-state index in [-0.39, 0.29) is 25.7 Å². The Labute approximate surface area is 623 Å². The van der Waals surface area contributed by atoms with Gasteiger partial charge in [-0.1, -0.05) is 346 Å². The number of rotatable bonds is 80. The number of phosphoric acid groups is 2. The Bertz CT molecular complexity index is 2120. The monoisotopic (exact) mass is 1490 g/mol. The smallest absolute Gasteiger partial charge is 0.462 e. The van der Waals surface area contributed by atoms with Gasteiger partial charge in [0.2, 0.25) is 0 Å². The fourth-order valence-electron chi connectivity index (χ4n) is 11.9. The molecule has 0 aliphatic carbocycles. The van der Waals surface area contributed by atoms with Crippen molar-refractivity contribution >= 4 is 39.5 Å². The summed E-state index contributed by atoms with van der Waals surface area (Å²) < 4.78 is 68.6. The Morgan fingerprint density at radius 1 is 0.275 bits per heavy atom. The molecule has 3 N–H and O–H groups in total. The number of aliphatic hydroxyl groups excluding tert-OH is 1. The van der Waals surface area contributed by atoms with Gasteiger partial charge in [0.15, 0.2) is 12.2 Å². The lowest BCUT2D eigenvalue weighted by atomic mass is 10.0. The number of hydrogen-bond acceptors (Lipinski definition) is 15. The maximum absolute atomic E-state index is 13.1. The van der Waals surface area contributed by atoms with Gasteiger partial charge in [0.1, 0.15) is 19.3 Å². The van der Waals surface area contributed by atoms with Gasteiger partial charge in [-0.15, -0.1) is 0 Å². The molecule has 0 radical (unpaired) electrons. The number of unbranched alkanes of at least 4 members (excludes halogenated alkanes) is 48. The van der Waals surface area contributed by atoms with E-state index in [0.717, 1.165) is 122 Å². The van der Waals surface area contributed by atoms with Crippen molar-refractivity contribution in [1.82, 2.24) is 0 Å². The lowest BCUT2D eigenvalue weighted by Crippen LogP contribution is -2.30. The summed E-state index contributed by atoms with van der Waals surface area (Å²) in [6, 6.07) is 0. The minimum absolute atomic E-state index is 0.0833. The Morgan fingerprint density at radius 3 is 0.716 bits per heavy atom. The topological polar surface area (TPSA) is 237 Å². The van der Waals surface area contributed by atoms with Crippen LogP contribution in [0.2, 0.25) is 0 Å². The molecule has 102 heavy (non-hydrogen) atoms. The Kier molecular flexibility index (Phi) is 74.0. The molecule has 598 valence electrons. The largest absolute Gasteiger partial charge is 0.472 e. The molecule has 0 spiro atoms. The molecule has 0 bridgehead atoms. The summed E-state index contributed by atoms with van der Waals surface area (Å²) in [6.45, 7) is 4.89. The summed E-state index contributed by atoms with van der Waals surface area (Å²) in [6.07, 6.45) is 75.2. The SMILES string of the molecule is CCCCCC/C=C\C=C/CCCCCCCC(=O)OC[C@H](COP(=O)(O)OC[C@@H](O)COP(=O)(O)OC[C@@H](COC(=O)CCCCCCCCCCCC)OC(=O)CCCCCCC/C=C\C=C/CCCCCC)OC(=O)CCCCCCCCCCCCCCCCCCCCCCCC. The minimum atomic E-state index is -4.97. The standard InChI is InChI=1S/C83H154O17P2/c1-5-9-13-17-21-25-29-32-35-36-37-38-39-40-41-44-47-50-54-58-62-66-70-83(88)100-79(74-94-81(86)68-64-60-56-52-48-45-42-33-30-26-22-18-14-10-6-2)76-98-102(91,92)96-72-77(84)71-95-101(89,90)97-75-78(73-93-80(85)67-63-59-55-51-28-24-20-16-12-8-4)99-82(87)69-65-61-57-53-49-46-43-34-31-27-23-19-15-11-7-3/h26-27,30-31,33-34,42-43,77-79,84H,5-25,28-29,32,35-41,44-76H2,1-4H3,(H,89,90)(H,91,92)/b30-26-,31-27-,42-33-,43-34-/t77-,78+,79+/m0/s1. The van der Waals surface area contributed by atoms with E-state index < -0.39 is 97.5 Å². The molecule has 0 rings (SSSR count). The first-order valence-corrected chi connectivity index (χ1v) is 44.9. The Hall–Kier alpha value is -2.98. The highest BCUT2D eigenvalue weighted by Gasteiger charge is 2.30. The number of hydrogen-bond donors (Lipinski definition) is 3. The van der Waals surface area contributed by atoms with E-state index in [2.05, 4.69) is 76.3 Å². The number of phosphoric ester groups is 2. The Morgan fingerprint density at radius 2 is 0.471 bits per heavy atom. The van der Waals surface area contributed by atoms with Crippen LogP contribution in [0, 0.1) is 0 Å². The number of esters is 4. The fourth-order valence-corrected chi connectivity index (χ4v) is 13.5.